The minimum atomic E-state index is -0.647. The van der Waals surface area contributed by atoms with E-state index in [-0.39, 0.29) is 29.8 Å². The third kappa shape index (κ3) is 5.92. The van der Waals surface area contributed by atoms with Gasteiger partial charge in [-0.3, -0.25) is 24.6 Å². The van der Waals surface area contributed by atoms with Crippen LogP contribution in [-0.2, 0) is 9.59 Å². The molecule has 2 amide bonds. The fraction of sp³-hybridized carbons (Fsp3) is 0.300. The minimum Gasteiger partial charge on any atom is -0.497 e. The number of non-ortho nitro benzene ring substituents is 1. The van der Waals surface area contributed by atoms with E-state index in [4.69, 9.17) is 9.47 Å². The fourth-order valence-corrected chi connectivity index (χ4v) is 2.57. The average Bonchev–Trinajstić information content (AvgIpc) is 2.73. The molecule has 2 aromatic rings. The number of ether oxygens (including phenoxy) is 2. The van der Waals surface area contributed by atoms with Gasteiger partial charge >= 0.3 is 0 Å². The molecule has 0 aliphatic rings. The van der Waals surface area contributed by atoms with Gasteiger partial charge in [0.05, 0.1) is 43.5 Å². The first-order chi connectivity index (χ1) is 14.2. The molecule has 0 heterocycles. The van der Waals surface area contributed by atoms with Crippen LogP contribution in [-0.4, -0.2) is 55.5 Å². The van der Waals surface area contributed by atoms with Gasteiger partial charge < -0.3 is 20.1 Å². The Morgan fingerprint density at radius 3 is 2.33 bits per heavy atom. The molecule has 10 nitrogen and oxygen atoms in total. The summed E-state index contributed by atoms with van der Waals surface area (Å²) in [6.45, 7) is 1.63. The molecule has 0 aliphatic heterocycles. The second-order valence-electron chi connectivity index (χ2n) is 6.50. The molecule has 2 aromatic carbocycles. The SMILES string of the molecule is COc1ccc(NC(=O)CN(C)[C@@H](C)C(=O)Nc2ccc([N+](=O)[O-])cc2OC)cc1. The van der Waals surface area contributed by atoms with E-state index < -0.39 is 11.0 Å². The van der Waals surface area contributed by atoms with Crippen molar-refractivity contribution in [3.05, 3.63) is 52.6 Å². The van der Waals surface area contributed by atoms with E-state index in [0.717, 1.165) is 0 Å². The van der Waals surface area contributed by atoms with E-state index in [1.807, 2.05) is 0 Å². The lowest BCUT2D eigenvalue weighted by molar-refractivity contribution is -0.384. The highest BCUT2D eigenvalue weighted by molar-refractivity contribution is 5.97. The first-order valence-corrected chi connectivity index (χ1v) is 9.02. The van der Waals surface area contributed by atoms with E-state index in [1.54, 1.807) is 50.2 Å². The van der Waals surface area contributed by atoms with E-state index in [0.29, 0.717) is 17.1 Å². The molecule has 1 atom stereocenters. The van der Waals surface area contributed by atoms with Crippen molar-refractivity contribution in [1.29, 1.82) is 0 Å². The van der Waals surface area contributed by atoms with Gasteiger partial charge in [-0.15, -0.1) is 0 Å². The lowest BCUT2D eigenvalue weighted by Crippen LogP contribution is -2.43. The van der Waals surface area contributed by atoms with Crippen LogP contribution in [0.3, 0.4) is 0 Å². The van der Waals surface area contributed by atoms with E-state index in [9.17, 15) is 19.7 Å². The number of nitro benzene ring substituents is 1. The van der Waals surface area contributed by atoms with Crippen LogP contribution >= 0.6 is 0 Å². The molecule has 0 fully saturated rings. The molecule has 0 radical (unpaired) electrons. The van der Waals surface area contributed by atoms with Crippen molar-refractivity contribution in [2.45, 2.75) is 13.0 Å². The first-order valence-electron chi connectivity index (χ1n) is 9.02. The largest absolute Gasteiger partial charge is 0.497 e. The molecule has 0 saturated heterocycles. The van der Waals surface area contributed by atoms with Crippen molar-refractivity contribution in [2.24, 2.45) is 0 Å². The Hall–Kier alpha value is -3.66. The number of methoxy groups -OCH3 is 2. The third-order valence-electron chi connectivity index (χ3n) is 4.46. The maximum absolute atomic E-state index is 12.6. The Morgan fingerprint density at radius 1 is 1.10 bits per heavy atom. The molecule has 30 heavy (non-hydrogen) atoms. The van der Waals surface area contributed by atoms with Gasteiger partial charge in [0.2, 0.25) is 11.8 Å². The highest BCUT2D eigenvalue weighted by atomic mass is 16.6. The number of nitrogens with zero attached hydrogens (tertiary/aromatic N) is 2. The number of rotatable bonds is 9. The summed E-state index contributed by atoms with van der Waals surface area (Å²) in [5, 5.41) is 16.3. The number of anilines is 2. The number of hydrogen-bond donors (Lipinski definition) is 2. The maximum atomic E-state index is 12.6. The summed E-state index contributed by atoms with van der Waals surface area (Å²) >= 11 is 0. The van der Waals surface area contributed by atoms with Crippen LogP contribution in [0.2, 0.25) is 0 Å². The number of nitrogens with one attached hydrogen (secondary N) is 2. The Balaban J connectivity index is 1.96. The van der Waals surface area contributed by atoms with Gasteiger partial charge in [0, 0.05) is 11.8 Å². The van der Waals surface area contributed by atoms with Crippen molar-refractivity contribution >= 4 is 28.9 Å². The summed E-state index contributed by atoms with van der Waals surface area (Å²) in [4.78, 5) is 36.7. The number of nitro groups is 1. The van der Waals surface area contributed by atoms with Crippen molar-refractivity contribution < 1.29 is 24.0 Å². The third-order valence-corrected chi connectivity index (χ3v) is 4.46. The average molecular weight is 416 g/mol. The van der Waals surface area contributed by atoms with Crippen molar-refractivity contribution in [2.75, 3.05) is 38.4 Å². The summed E-state index contributed by atoms with van der Waals surface area (Å²) in [6.07, 6.45) is 0. The zero-order valence-electron chi connectivity index (χ0n) is 17.2. The molecule has 2 N–H and O–H groups in total. The molecular formula is C20H24N4O6. The monoisotopic (exact) mass is 416 g/mol. The van der Waals surface area contributed by atoms with Crippen LogP contribution in [0.1, 0.15) is 6.92 Å². The lowest BCUT2D eigenvalue weighted by atomic mass is 10.2. The predicted molar refractivity (Wildman–Crippen MR) is 112 cm³/mol. The number of hydrogen-bond acceptors (Lipinski definition) is 7. The highest BCUT2D eigenvalue weighted by Gasteiger charge is 2.22. The smallest absolute Gasteiger partial charge is 0.273 e. The van der Waals surface area contributed by atoms with Crippen LogP contribution in [0.15, 0.2) is 42.5 Å². The van der Waals surface area contributed by atoms with Crippen LogP contribution in [0, 0.1) is 10.1 Å². The summed E-state index contributed by atoms with van der Waals surface area (Å²) in [7, 11) is 4.56. The standard InChI is InChI=1S/C20H24N4O6/c1-13(20(26)22-17-10-7-15(24(27)28)11-18(17)30-4)23(2)12-19(25)21-14-5-8-16(29-3)9-6-14/h5-11,13H,12H2,1-4H3,(H,21,25)(H,22,26)/t13-/m0/s1. The van der Waals surface area contributed by atoms with Crippen LogP contribution in [0.5, 0.6) is 11.5 Å². The maximum Gasteiger partial charge on any atom is 0.273 e. The van der Waals surface area contributed by atoms with E-state index >= 15 is 0 Å². The molecule has 0 spiro atoms. The fourth-order valence-electron chi connectivity index (χ4n) is 2.57. The predicted octanol–water partition coefficient (Wildman–Crippen LogP) is 2.51. The molecule has 0 bridgehead atoms. The van der Waals surface area contributed by atoms with Crippen molar-refractivity contribution in [3.8, 4) is 11.5 Å². The summed E-state index contributed by atoms with van der Waals surface area (Å²) in [6, 6.07) is 10.1. The Bertz CT molecular complexity index is 916. The zero-order chi connectivity index (χ0) is 22.3. The normalized spacial score (nSPS) is 11.5. The lowest BCUT2D eigenvalue weighted by Gasteiger charge is -2.23. The van der Waals surface area contributed by atoms with Gasteiger partial charge in [-0.2, -0.15) is 0 Å². The molecule has 0 aromatic heterocycles. The topological polar surface area (TPSA) is 123 Å². The molecule has 160 valence electrons. The molecular weight excluding hydrogens is 392 g/mol. The number of likely N-dealkylation sites (N-methyl/N-ethyl adjacent to an activating group) is 1. The quantitative estimate of drug-likeness (QED) is 0.475. The van der Waals surface area contributed by atoms with Gasteiger partial charge in [-0.1, -0.05) is 0 Å². The first kappa shape index (κ1) is 22.6. The second-order valence-corrected chi connectivity index (χ2v) is 6.50. The van der Waals surface area contributed by atoms with Gasteiger partial charge in [-0.25, -0.2) is 0 Å². The number of carbonyl (C=O) groups is 2. The van der Waals surface area contributed by atoms with Gasteiger partial charge in [0.15, 0.2) is 0 Å². The molecule has 0 aliphatic carbocycles. The molecule has 0 saturated carbocycles. The second kappa shape index (κ2) is 10.2. The number of amides is 2. The van der Waals surface area contributed by atoms with Gasteiger partial charge in [0.1, 0.15) is 11.5 Å². The molecule has 0 unspecified atom stereocenters. The minimum absolute atomic E-state index is 0.0159. The van der Waals surface area contributed by atoms with Crippen LogP contribution < -0.4 is 20.1 Å². The summed E-state index contributed by atoms with van der Waals surface area (Å²) < 4.78 is 10.2. The van der Waals surface area contributed by atoms with Crippen LogP contribution in [0.4, 0.5) is 17.1 Å². The Labute approximate surface area is 173 Å². The van der Waals surface area contributed by atoms with E-state index in [1.165, 1.54) is 25.3 Å². The molecule has 2 rings (SSSR count). The molecule has 10 heteroatoms. The summed E-state index contributed by atoms with van der Waals surface area (Å²) in [5.74, 6) is 0.180. The Morgan fingerprint density at radius 2 is 1.77 bits per heavy atom. The summed E-state index contributed by atoms with van der Waals surface area (Å²) in [5.41, 5.74) is 0.767. The highest BCUT2D eigenvalue weighted by Crippen LogP contribution is 2.29. The van der Waals surface area contributed by atoms with Crippen molar-refractivity contribution in [1.82, 2.24) is 4.90 Å². The van der Waals surface area contributed by atoms with Crippen LogP contribution in [0.25, 0.3) is 0 Å². The van der Waals surface area contributed by atoms with Gasteiger partial charge in [-0.05, 0) is 44.3 Å². The van der Waals surface area contributed by atoms with Gasteiger partial charge in [0.25, 0.3) is 5.69 Å². The van der Waals surface area contributed by atoms with Crippen molar-refractivity contribution in [3.63, 3.8) is 0 Å². The van der Waals surface area contributed by atoms with E-state index in [2.05, 4.69) is 10.6 Å². The number of carbonyl (C=O) groups excluding carboxylic acids is 2. The number of benzene rings is 2. The zero-order valence-corrected chi connectivity index (χ0v) is 17.2. The Kier molecular flexibility index (Phi) is 7.70.